The zero-order chi connectivity index (χ0) is 13.7. The third kappa shape index (κ3) is 3.76. The normalized spacial score (nSPS) is 18.5. The summed E-state index contributed by atoms with van der Waals surface area (Å²) in [6.45, 7) is 8.93. The lowest BCUT2D eigenvalue weighted by Gasteiger charge is -2.27. The average molecular weight is 266 g/mol. The van der Waals surface area contributed by atoms with Crippen molar-refractivity contribution in [2.45, 2.75) is 58.7 Å². The summed E-state index contributed by atoms with van der Waals surface area (Å²) >= 11 is 0. The third-order valence-electron chi connectivity index (χ3n) is 3.71. The Bertz CT molecular complexity index is 375. The monoisotopic (exact) mass is 266 g/mol. The second-order valence-corrected chi connectivity index (χ2v) is 5.12. The van der Waals surface area contributed by atoms with Gasteiger partial charge in [0.05, 0.1) is 6.10 Å². The number of likely N-dealkylation sites (N-methyl/N-ethyl adjacent to an activating group) is 1. The van der Waals surface area contributed by atoms with Gasteiger partial charge >= 0.3 is 0 Å². The van der Waals surface area contributed by atoms with Crippen molar-refractivity contribution in [3.8, 4) is 0 Å². The molecular weight excluding hydrogens is 240 g/mol. The highest BCUT2D eigenvalue weighted by molar-refractivity contribution is 4.97. The fraction of sp³-hybridized carbons (Fsp3) is 0.857. The zero-order valence-electron chi connectivity index (χ0n) is 12.3. The van der Waals surface area contributed by atoms with Crippen LogP contribution in [0.1, 0.15) is 39.4 Å². The highest BCUT2D eigenvalue weighted by Gasteiger charge is 2.37. The van der Waals surface area contributed by atoms with Gasteiger partial charge < -0.3 is 10.1 Å². The number of hydrogen-bond acceptors (Lipinski definition) is 4. The van der Waals surface area contributed by atoms with E-state index in [2.05, 4.69) is 36.2 Å². The van der Waals surface area contributed by atoms with Gasteiger partial charge in [-0.05, 0) is 39.2 Å². The predicted molar refractivity (Wildman–Crippen MR) is 75.0 cm³/mol. The molecule has 0 radical (unpaired) electrons. The minimum absolute atomic E-state index is 0.312. The van der Waals surface area contributed by atoms with Crippen LogP contribution >= 0.6 is 0 Å². The van der Waals surface area contributed by atoms with Gasteiger partial charge in [0.15, 0.2) is 0 Å². The molecule has 2 rings (SSSR count). The van der Waals surface area contributed by atoms with E-state index in [1.165, 1.54) is 12.8 Å². The van der Waals surface area contributed by atoms with Crippen LogP contribution in [0.25, 0.3) is 0 Å². The largest absolute Gasteiger partial charge is 0.377 e. The first kappa shape index (κ1) is 14.5. The van der Waals surface area contributed by atoms with Gasteiger partial charge in [0.1, 0.15) is 12.2 Å². The van der Waals surface area contributed by atoms with Gasteiger partial charge in [-0.2, -0.15) is 5.10 Å². The maximum absolute atomic E-state index is 5.98. The molecule has 1 N–H and O–H groups in total. The first-order chi connectivity index (χ1) is 9.30. The van der Waals surface area contributed by atoms with Crippen molar-refractivity contribution in [2.24, 2.45) is 5.92 Å². The number of hydrogen-bond donors (Lipinski definition) is 1. The molecule has 1 aliphatic carbocycles. The Morgan fingerprint density at radius 1 is 1.42 bits per heavy atom. The van der Waals surface area contributed by atoms with Crippen LogP contribution in [0, 0.1) is 5.92 Å². The molecule has 19 heavy (non-hydrogen) atoms. The summed E-state index contributed by atoms with van der Waals surface area (Å²) in [5, 5.41) is 7.82. The predicted octanol–water partition coefficient (Wildman–Crippen LogP) is 1.63. The molecule has 0 saturated heterocycles. The molecule has 1 saturated carbocycles. The molecule has 1 aromatic heterocycles. The van der Waals surface area contributed by atoms with Crippen LogP contribution in [0.5, 0.6) is 0 Å². The molecule has 1 heterocycles. The van der Waals surface area contributed by atoms with Gasteiger partial charge in [-0.1, -0.05) is 6.92 Å². The van der Waals surface area contributed by atoms with E-state index in [4.69, 9.17) is 4.74 Å². The number of aromatic nitrogens is 3. The van der Waals surface area contributed by atoms with Crippen LogP contribution in [-0.4, -0.2) is 40.1 Å². The van der Waals surface area contributed by atoms with E-state index < -0.39 is 0 Å². The number of rotatable bonds is 9. The minimum Gasteiger partial charge on any atom is -0.377 e. The number of nitrogens with one attached hydrogen (secondary N) is 1. The van der Waals surface area contributed by atoms with Crippen LogP contribution in [0.15, 0.2) is 6.33 Å². The molecule has 5 heteroatoms. The number of nitrogens with zero attached hydrogens (tertiary/aromatic N) is 3. The maximum atomic E-state index is 5.98. The van der Waals surface area contributed by atoms with E-state index in [0.29, 0.717) is 12.1 Å². The molecule has 1 aromatic rings. The first-order valence-corrected chi connectivity index (χ1v) is 7.51. The zero-order valence-corrected chi connectivity index (χ0v) is 12.3. The lowest BCUT2D eigenvalue weighted by molar-refractivity contribution is 0.0189. The Labute approximate surface area is 115 Å². The highest BCUT2D eigenvalue weighted by Crippen LogP contribution is 2.36. The summed E-state index contributed by atoms with van der Waals surface area (Å²) in [4.78, 5) is 4.39. The summed E-state index contributed by atoms with van der Waals surface area (Å²) in [5.74, 6) is 1.78. The molecule has 1 aliphatic rings. The van der Waals surface area contributed by atoms with Crippen molar-refractivity contribution in [1.29, 1.82) is 0 Å². The van der Waals surface area contributed by atoms with Crippen LogP contribution in [-0.2, 0) is 17.7 Å². The molecular formula is C14H26N4O. The summed E-state index contributed by atoms with van der Waals surface area (Å²) in [5.41, 5.74) is 0. The molecule has 108 valence electrons. The van der Waals surface area contributed by atoms with Crippen molar-refractivity contribution >= 4 is 0 Å². The lowest BCUT2D eigenvalue weighted by atomic mass is 10.0. The second-order valence-electron chi connectivity index (χ2n) is 5.12. The minimum atomic E-state index is 0.312. The number of ether oxygens (including phenoxy) is 1. The second kappa shape index (κ2) is 7.01. The van der Waals surface area contributed by atoms with Gasteiger partial charge in [0, 0.05) is 25.6 Å². The fourth-order valence-electron chi connectivity index (χ4n) is 2.67. The third-order valence-corrected chi connectivity index (χ3v) is 3.71. The van der Waals surface area contributed by atoms with Crippen LogP contribution in [0.2, 0.25) is 0 Å². The Kier molecular flexibility index (Phi) is 5.34. The van der Waals surface area contributed by atoms with E-state index >= 15 is 0 Å². The van der Waals surface area contributed by atoms with Crippen molar-refractivity contribution < 1.29 is 4.74 Å². The lowest BCUT2D eigenvalue weighted by Crippen LogP contribution is -2.44. The van der Waals surface area contributed by atoms with E-state index in [0.717, 1.165) is 37.9 Å². The summed E-state index contributed by atoms with van der Waals surface area (Å²) in [7, 11) is 0. The van der Waals surface area contributed by atoms with Gasteiger partial charge in [0.25, 0.3) is 0 Å². The fourth-order valence-corrected chi connectivity index (χ4v) is 2.67. The van der Waals surface area contributed by atoms with Crippen molar-refractivity contribution in [2.75, 3.05) is 13.2 Å². The van der Waals surface area contributed by atoms with Gasteiger partial charge in [-0.25, -0.2) is 4.98 Å². The maximum Gasteiger partial charge on any atom is 0.138 e. The van der Waals surface area contributed by atoms with E-state index in [1.807, 2.05) is 4.68 Å². The molecule has 0 aromatic carbocycles. The van der Waals surface area contributed by atoms with Crippen molar-refractivity contribution in [3.63, 3.8) is 0 Å². The van der Waals surface area contributed by atoms with Crippen LogP contribution < -0.4 is 5.32 Å². The van der Waals surface area contributed by atoms with Crippen LogP contribution in [0.3, 0.4) is 0 Å². The van der Waals surface area contributed by atoms with Crippen molar-refractivity contribution in [3.05, 3.63) is 12.2 Å². The number of aryl methyl sites for hydroxylation is 1. The summed E-state index contributed by atoms with van der Waals surface area (Å²) in [6, 6.07) is 0.340. The van der Waals surface area contributed by atoms with E-state index in [-0.39, 0.29) is 0 Å². The summed E-state index contributed by atoms with van der Waals surface area (Å²) in [6.07, 6.45) is 5.45. The molecule has 2 unspecified atom stereocenters. The van der Waals surface area contributed by atoms with E-state index in [1.54, 1.807) is 6.33 Å². The standard InChI is InChI=1S/C14H26N4O/c1-4-15-12(14(19-6-3)11-7-8-11)9-13-16-10-17-18(13)5-2/h10-12,14-15H,4-9H2,1-3H3. The molecule has 1 fully saturated rings. The first-order valence-electron chi connectivity index (χ1n) is 7.51. The Balaban J connectivity index is 2.05. The van der Waals surface area contributed by atoms with Crippen molar-refractivity contribution in [1.82, 2.24) is 20.1 Å². The molecule has 0 bridgehead atoms. The Morgan fingerprint density at radius 2 is 2.21 bits per heavy atom. The van der Waals surface area contributed by atoms with Gasteiger partial charge in [0.2, 0.25) is 0 Å². The molecule has 5 nitrogen and oxygen atoms in total. The summed E-state index contributed by atoms with van der Waals surface area (Å²) < 4.78 is 7.96. The highest BCUT2D eigenvalue weighted by atomic mass is 16.5. The molecule has 0 aliphatic heterocycles. The Morgan fingerprint density at radius 3 is 2.79 bits per heavy atom. The topological polar surface area (TPSA) is 52.0 Å². The molecule has 0 amide bonds. The van der Waals surface area contributed by atoms with Gasteiger partial charge in [-0.3, -0.25) is 4.68 Å². The van der Waals surface area contributed by atoms with E-state index in [9.17, 15) is 0 Å². The molecule has 0 spiro atoms. The quantitative estimate of drug-likeness (QED) is 0.738. The SMILES string of the molecule is CCNC(Cc1ncnn1CC)C(OCC)C1CC1. The van der Waals surface area contributed by atoms with Crippen LogP contribution in [0.4, 0.5) is 0 Å². The van der Waals surface area contributed by atoms with Gasteiger partial charge in [-0.15, -0.1) is 0 Å². The average Bonchev–Trinajstić information content (AvgIpc) is 3.15. The molecule has 2 atom stereocenters. The smallest absolute Gasteiger partial charge is 0.138 e. The Hall–Kier alpha value is -0.940.